The van der Waals surface area contributed by atoms with Crippen LogP contribution >= 0.6 is 15.9 Å². The standard InChI is InChI=1S/C12H9BrF2N2O3S/c1-20-12-10(5-7(13)6-16-12)17-21(18,19)11-8(14)3-2-4-9(11)15/h2-6,17H,1H3. The molecule has 1 heterocycles. The highest BCUT2D eigenvalue weighted by atomic mass is 79.9. The fraction of sp³-hybridized carbons (Fsp3) is 0.0833. The number of benzene rings is 1. The second kappa shape index (κ2) is 5.94. The predicted molar refractivity (Wildman–Crippen MR) is 75.7 cm³/mol. The molecule has 1 aromatic heterocycles. The summed E-state index contributed by atoms with van der Waals surface area (Å²) >= 11 is 3.12. The molecule has 0 unspecified atom stereocenters. The van der Waals surface area contributed by atoms with Gasteiger partial charge in [0, 0.05) is 10.7 Å². The van der Waals surface area contributed by atoms with E-state index in [4.69, 9.17) is 4.74 Å². The van der Waals surface area contributed by atoms with Crippen LogP contribution in [0.25, 0.3) is 0 Å². The van der Waals surface area contributed by atoms with Crippen LogP contribution in [-0.2, 0) is 10.0 Å². The molecule has 0 saturated carbocycles. The Morgan fingerprint density at radius 1 is 1.29 bits per heavy atom. The molecule has 0 atom stereocenters. The van der Waals surface area contributed by atoms with Crippen molar-refractivity contribution in [1.82, 2.24) is 4.98 Å². The molecule has 0 fully saturated rings. The number of sulfonamides is 1. The third-order valence-electron chi connectivity index (χ3n) is 2.44. The van der Waals surface area contributed by atoms with Gasteiger partial charge in [-0.1, -0.05) is 6.07 Å². The Labute approximate surface area is 128 Å². The summed E-state index contributed by atoms with van der Waals surface area (Å²) in [5, 5.41) is 0. The van der Waals surface area contributed by atoms with Crippen LogP contribution < -0.4 is 9.46 Å². The summed E-state index contributed by atoms with van der Waals surface area (Å²) in [5.74, 6) is -2.41. The maximum atomic E-state index is 13.6. The number of nitrogens with one attached hydrogen (secondary N) is 1. The lowest BCUT2D eigenvalue weighted by molar-refractivity contribution is 0.400. The fourth-order valence-corrected chi connectivity index (χ4v) is 3.12. The van der Waals surface area contributed by atoms with Gasteiger partial charge in [-0.3, -0.25) is 4.72 Å². The van der Waals surface area contributed by atoms with Gasteiger partial charge in [0.15, 0.2) is 4.90 Å². The second-order valence-electron chi connectivity index (χ2n) is 3.87. The molecule has 0 aliphatic carbocycles. The van der Waals surface area contributed by atoms with E-state index in [1.165, 1.54) is 19.4 Å². The number of aromatic nitrogens is 1. The zero-order valence-electron chi connectivity index (χ0n) is 10.6. The molecule has 0 spiro atoms. The van der Waals surface area contributed by atoms with Gasteiger partial charge < -0.3 is 4.74 Å². The van der Waals surface area contributed by atoms with Gasteiger partial charge in [0.1, 0.15) is 17.3 Å². The van der Waals surface area contributed by atoms with Crippen LogP contribution in [0.2, 0.25) is 0 Å². The van der Waals surface area contributed by atoms with Crippen molar-refractivity contribution in [2.24, 2.45) is 0 Å². The van der Waals surface area contributed by atoms with Gasteiger partial charge in [-0.2, -0.15) is 0 Å². The van der Waals surface area contributed by atoms with Crippen LogP contribution in [0.15, 0.2) is 39.8 Å². The summed E-state index contributed by atoms with van der Waals surface area (Å²) in [4.78, 5) is 2.77. The van der Waals surface area contributed by atoms with Gasteiger partial charge in [-0.15, -0.1) is 0 Å². The Bertz CT molecular complexity index is 764. The summed E-state index contributed by atoms with van der Waals surface area (Å²) in [6, 6.07) is 4.15. The average molecular weight is 379 g/mol. The number of methoxy groups -OCH3 is 1. The number of rotatable bonds is 4. The molecule has 2 aromatic rings. The van der Waals surface area contributed by atoms with Crippen molar-refractivity contribution in [3.05, 3.63) is 46.6 Å². The number of hydrogen-bond donors (Lipinski definition) is 1. The van der Waals surface area contributed by atoms with Crippen molar-refractivity contribution in [2.45, 2.75) is 4.90 Å². The smallest absolute Gasteiger partial charge is 0.267 e. The van der Waals surface area contributed by atoms with Crippen LogP contribution in [0.1, 0.15) is 0 Å². The van der Waals surface area contributed by atoms with Crippen molar-refractivity contribution < 1.29 is 21.9 Å². The Kier molecular flexibility index (Phi) is 4.43. The summed E-state index contributed by atoms with van der Waals surface area (Å²) in [5.41, 5.74) is -0.0467. The maximum Gasteiger partial charge on any atom is 0.267 e. The molecule has 1 aromatic carbocycles. The Balaban J connectivity index is 2.50. The van der Waals surface area contributed by atoms with Gasteiger partial charge in [0.2, 0.25) is 5.88 Å². The minimum atomic E-state index is -4.46. The van der Waals surface area contributed by atoms with Crippen molar-refractivity contribution in [1.29, 1.82) is 0 Å². The van der Waals surface area contributed by atoms with E-state index in [0.29, 0.717) is 4.47 Å². The molecule has 9 heteroatoms. The van der Waals surface area contributed by atoms with E-state index in [1.54, 1.807) is 0 Å². The molecule has 0 radical (unpaired) electrons. The van der Waals surface area contributed by atoms with Crippen LogP contribution in [0.4, 0.5) is 14.5 Å². The zero-order valence-corrected chi connectivity index (χ0v) is 13.0. The molecule has 112 valence electrons. The number of nitrogens with zero attached hydrogens (tertiary/aromatic N) is 1. The topological polar surface area (TPSA) is 68.3 Å². The summed E-state index contributed by atoms with van der Waals surface area (Å²) in [7, 11) is -3.18. The first-order valence-corrected chi connectivity index (χ1v) is 7.79. The summed E-state index contributed by atoms with van der Waals surface area (Å²) in [6.07, 6.45) is 1.39. The van der Waals surface area contributed by atoms with E-state index in [9.17, 15) is 17.2 Å². The normalized spacial score (nSPS) is 11.2. The van der Waals surface area contributed by atoms with E-state index in [0.717, 1.165) is 18.2 Å². The van der Waals surface area contributed by atoms with Crippen molar-refractivity contribution in [3.63, 3.8) is 0 Å². The molecule has 5 nitrogen and oxygen atoms in total. The Hall–Kier alpha value is -1.74. The van der Waals surface area contributed by atoms with Gasteiger partial charge in [-0.25, -0.2) is 22.2 Å². The van der Waals surface area contributed by atoms with Crippen molar-refractivity contribution >= 4 is 31.6 Å². The van der Waals surface area contributed by atoms with Gasteiger partial charge in [0.05, 0.1) is 7.11 Å². The zero-order chi connectivity index (χ0) is 15.6. The SMILES string of the molecule is COc1ncc(Br)cc1NS(=O)(=O)c1c(F)cccc1F. The molecule has 0 aliphatic rings. The maximum absolute atomic E-state index is 13.6. The highest BCUT2D eigenvalue weighted by Crippen LogP contribution is 2.28. The van der Waals surface area contributed by atoms with Crippen molar-refractivity contribution in [2.75, 3.05) is 11.8 Å². The second-order valence-corrected chi connectivity index (χ2v) is 6.40. The van der Waals surface area contributed by atoms with Crippen LogP contribution in [0.5, 0.6) is 5.88 Å². The lowest BCUT2D eigenvalue weighted by atomic mass is 10.3. The Morgan fingerprint density at radius 3 is 2.48 bits per heavy atom. The highest BCUT2D eigenvalue weighted by Gasteiger charge is 2.25. The number of anilines is 1. The summed E-state index contributed by atoms with van der Waals surface area (Å²) in [6.45, 7) is 0. The molecular formula is C12H9BrF2N2O3S. The quantitative estimate of drug-likeness (QED) is 0.887. The van der Waals surface area contributed by atoms with Gasteiger partial charge >= 0.3 is 0 Å². The minimum Gasteiger partial charge on any atom is -0.479 e. The summed E-state index contributed by atoms with van der Waals surface area (Å²) < 4.78 is 58.9. The number of pyridine rings is 1. The molecule has 21 heavy (non-hydrogen) atoms. The van der Waals surface area contributed by atoms with Crippen LogP contribution in [-0.4, -0.2) is 20.5 Å². The third-order valence-corrected chi connectivity index (χ3v) is 4.29. The largest absolute Gasteiger partial charge is 0.479 e. The molecule has 2 rings (SSSR count). The highest BCUT2D eigenvalue weighted by molar-refractivity contribution is 9.10. The van der Waals surface area contributed by atoms with Gasteiger partial charge in [-0.05, 0) is 34.1 Å². The van der Waals surface area contributed by atoms with E-state index < -0.39 is 26.6 Å². The number of hydrogen-bond acceptors (Lipinski definition) is 4. The van der Waals surface area contributed by atoms with E-state index in [2.05, 4.69) is 25.6 Å². The molecule has 0 bridgehead atoms. The first kappa shape index (κ1) is 15.6. The van der Waals surface area contributed by atoms with Crippen LogP contribution in [0.3, 0.4) is 0 Å². The molecule has 1 N–H and O–H groups in total. The van der Waals surface area contributed by atoms with Crippen LogP contribution in [0, 0.1) is 11.6 Å². The number of halogens is 3. The molecule has 0 aliphatic heterocycles. The predicted octanol–water partition coefficient (Wildman–Crippen LogP) is 2.93. The third kappa shape index (κ3) is 3.30. The lowest BCUT2D eigenvalue weighted by Crippen LogP contribution is -2.17. The Morgan fingerprint density at radius 2 is 1.90 bits per heavy atom. The molecular weight excluding hydrogens is 370 g/mol. The first-order chi connectivity index (χ1) is 9.85. The van der Waals surface area contributed by atoms with E-state index >= 15 is 0 Å². The number of ether oxygens (including phenoxy) is 1. The van der Waals surface area contributed by atoms with E-state index in [-0.39, 0.29) is 11.6 Å². The molecule has 0 amide bonds. The lowest BCUT2D eigenvalue weighted by Gasteiger charge is -2.12. The molecule has 0 saturated heterocycles. The van der Waals surface area contributed by atoms with Gasteiger partial charge in [0.25, 0.3) is 10.0 Å². The van der Waals surface area contributed by atoms with E-state index in [1.807, 2.05) is 0 Å². The minimum absolute atomic E-state index is 0.0291. The first-order valence-electron chi connectivity index (χ1n) is 5.51. The average Bonchev–Trinajstić information content (AvgIpc) is 2.37. The monoisotopic (exact) mass is 378 g/mol. The fourth-order valence-electron chi connectivity index (χ4n) is 1.60. The van der Waals surface area contributed by atoms with Crippen molar-refractivity contribution in [3.8, 4) is 5.88 Å².